The fraction of sp³-hybridized carbons (Fsp3) is 0.500. The molecule has 19 heavy (non-hydrogen) atoms. The van der Waals surface area contributed by atoms with Crippen LogP contribution < -0.4 is 5.32 Å². The number of halogens is 2. The maximum Gasteiger partial charge on any atom is 0.310 e. The number of hydrogen-bond acceptors (Lipinski definition) is 3. The van der Waals surface area contributed by atoms with Crippen molar-refractivity contribution >= 4 is 17.6 Å². The predicted octanol–water partition coefficient (Wildman–Crippen LogP) is 2.68. The minimum Gasteiger partial charge on any atom is -0.466 e. The Morgan fingerprint density at radius 2 is 2.32 bits per heavy atom. The summed E-state index contributed by atoms with van der Waals surface area (Å²) in [6.45, 7) is 2.83. The highest BCUT2D eigenvalue weighted by molar-refractivity contribution is 6.31. The summed E-state index contributed by atoms with van der Waals surface area (Å²) in [5, 5.41) is 3.74. The molecular weight excluding hydrogens is 269 g/mol. The van der Waals surface area contributed by atoms with E-state index in [0.717, 1.165) is 5.56 Å². The van der Waals surface area contributed by atoms with Crippen molar-refractivity contribution in [3.05, 3.63) is 34.3 Å². The van der Waals surface area contributed by atoms with E-state index < -0.39 is 6.67 Å². The molecule has 104 valence electrons. The monoisotopic (exact) mass is 285 g/mol. The third kappa shape index (κ3) is 3.07. The summed E-state index contributed by atoms with van der Waals surface area (Å²) >= 11 is 6.18. The molecule has 1 N–H and O–H groups in total. The van der Waals surface area contributed by atoms with Gasteiger partial charge < -0.3 is 10.1 Å². The molecule has 1 heterocycles. The van der Waals surface area contributed by atoms with Crippen LogP contribution in [-0.4, -0.2) is 25.7 Å². The van der Waals surface area contributed by atoms with Crippen molar-refractivity contribution in [3.8, 4) is 0 Å². The first-order valence-electron chi connectivity index (χ1n) is 6.39. The van der Waals surface area contributed by atoms with E-state index in [0.29, 0.717) is 30.3 Å². The maximum absolute atomic E-state index is 12.8. The van der Waals surface area contributed by atoms with Gasteiger partial charge in [0.05, 0.1) is 12.5 Å². The van der Waals surface area contributed by atoms with Crippen LogP contribution in [0.5, 0.6) is 0 Å². The molecule has 2 rings (SSSR count). The number of carbonyl (C=O) groups is 1. The summed E-state index contributed by atoms with van der Waals surface area (Å²) in [6, 6.07) is 5.09. The van der Waals surface area contributed by atoms with Gasteiger partial charge in [0.2, 0.25) is 0 Å². The molecular formula is C14H17ClFNO2. The van der Waals surface area contributed by atoms with Crippen LogP contribution in [0.3, 0.4) is 0 Å². The lowest BCUT2D eigenvalue weighted by atomic mass is 9.88. The molecule has 0 bridgehead atoms. The van der Waals surface area contributed by atoms with Gasteiger partial charge in [-0.1, -0.05) is 23.7 Å². The first-order chi connectivity index (χ1) is 9.17. The molecule has 1 aromatic rings. The summed E-state index contributed by atoms with van der Waals surface area (Å²) in [4.78, 5) is 11.9. The molecule has 0 amide bonds. The SMILES string of the molecule is CCOC(=O)[C@H]1CNC[C@H]1c1cc(CF)ccc1Cl. The first-order valence-corrected chi connectivity index (χ1v) is 6.76. The van der Waals surface area contributed by atoms with E-state index >= 15 is 0 Å². The lowest BCUT2D eigenvalue weighted by Crippen LogP contribution is -2.24. The molecule has 3 nitrogen and oxygen atoms in total. The van der Waals surface area contributed by atoms with Gasteiger partial charge in [0.25, 0.3) is 0 Å². The number of ether oxygens (including phenoxy) is 1. The Morgan fingerprint density at radius 3 is 3.00 bits per heavy atom. The zero-order valence-corrected chi connectivity index (χ0v) is 11.5. The van der Waals surface area contributed by atoms with Crippen molar-refractivity contribution in [2.75, 3.05) is 19.7 Å². The number of hydrogen-bond donors (Lipinski definition) is 1. The summed E-state index contributed by atoms with van der Waals surface area (Å²) in [5.74, 6) is -0.537. The van der Waals surface area contributed by atoms with Crippen molar-refractivity contribution in [2.24, 2.45) is 5.92 Å². The number of carbonyl (C=O) groups excluding carboxylic acids is 1. The molecule has 2 atom stereocenters. The summed E-state index contributed by atoms with van der Waals surface area (Å²) < 4.78 is 17.8. The van der Waals surface area contributed by atoms with Crippen LogP contribution in [0.1, 0.15) is 24.0 Å². The van der Waals surface area contributed by atoms with Gasteiger partial charge in [-0.05, 0) is 24.1 Å². The second kappa shape index (κ2) is 6.35. The van der Waals surface area contributed by atoms with E-state index in [1.807, 2.05) is 0 Å². The number of benzene rings is 1. The van der Waals surface area contributed by atoms with Crippen molar-refractivity contribution in [1.29, 1.82) is 0 Å². The van der Waals surface area contributed by atoms with Crippen LogP contribution in [0, 0.1) is 5.92 Å². The Labute approximate surface area is 117 Å². The molecule has 0 aliphatic carbocycles. The average molecular weight is 286 g/mol. The molecule has 0 spiro atoms. The van der Waals surface area contributed by atoms with Crippen molar-refractivity contribution in [1.82, 2.24) is 5.32 Å². The smallest absolute Gasteiger partial charge is 0.310 e. The molecule has 1 aromatic carbocycles. The van der Waals surface area contributed by atoms with Crippen molar-refractivity contribution in [2.45, 2.75) is 19.5 Å². The Bertz CT molecular complexity index is 467. The molecule has 0 radical (unpaired) electrons. The number of esters is 1. The second-order valence-electron chi connectivity index (χ2n) is 4.61. The molecule has 1 fully saturated rings. The zero-order valence-electron chi connectivity index (χ0n) is 10.8. The number of alkyl halides is 1. The summed E-state index contributed by atoms with van der Waals surface area (Å²) in [7, 11) is 0. The van der Waals surface area contributed by atoms with Gasteiger partial charge in [-0.3, -0.25) is 4.79 Å². The fourth-order valence-electron chi connectivity index (χ4n) is 2.46. The van der Waals surface area contributed by atoms with Crippen LogP contribution in [0.15, 0.2) is 18.2 Å². The minimum absolute atomic E-state index is 0.0574. The largest absolute Gasteiger partial charge is 0.466 e. The van der Waals surface area contributed by atoms with Crippen LogP contribution in [0.2, 0.25) is 5.02 Å². The van der Waals surface area contributed by atoms with Gasteiger partial charge in [-0.25, -0.2) is 4.39 Å². The second-order valence-corrected chi connectivity index (χ2v) is 5.02. The third-order valence-corrected chi connectivity index (χ3v) is 3.76. The Balaban J connectivity index is 2.26. The van der Waals surface area contributed by atoms with Crippen LogP contribution in [0.25, 0.3) is 0 Å². The normalized spacial score (nSPS) is 22.5. The maximum atomic E-state index is 12.8. The van der Waals surface area contributed by atoms with Gasteiger partial charge in [-0.15, -0.1) is 0 Å². The minimum atomic E-state index is -0.533. The summed E-state index contributed by atoms with van der Waals surface area (Å²) in [6.07, 6.45) is 0. The number of nitrogens with one attached hydrogen (secondary N) is 1. The average Bonchev–Trinajstić information content (AvgIpc) is 2.89. The van der Waals surface area contributed by atoms with E-state index in [1.54, 1.807) is 25.1 Å². The van der Waals surface area contributed by atoms with Crippen molar-refractivity contribution in [3.63, 3.8) is 0 Å². The molecule has 1 aliphatic rings. The molecule has 1 aliphatic heterocycles. The van der Waals surface area contributed by atoms with Crippen LogP contribution in [0.4, 0.5) is 4.39 Å². The third-order valence-electron chi connectivity index (χ3n) is 3.42. The standard InChI is InChI=1S/C14H17ClFNO2/c1-2-19-14(18)12-8-17-7-11(12)10-5-9(6-16)3-4-13(10)15/h3-5,11-12,17H,2,6-8H2,1H3/t11-,12-/m0/s1. The fourth-order valence-corrected chi connectivity index (χ4v) is 2.72. The Kier molecular flexibility index (Phi) is 4.77. The Hall–Kier alpha value is -1.13. The van der Waals surface area contributed by atoms with Gasteiger partial charge in [0.1, 0.15) is 6.67 Å². The van der Waals surface area contributed by atoms with Gasteiger partial charge >= 0.3 is 5.97 Å². The zero-order chi connectivity index (χ0) is 13.8. The molecule has 5 heteroatoms. The van der Waals surface area contributed by atoms with Gasteiger partial charge in [0, 0.05) is 24.0 Å². The molecule has 0 saturated carbocycles. The van der Waals surface area contributed by atoms with E-state index in [1.165, 1.54) is 0 Å². The van der Waals surface area contributed by atoms with E-state index in [2.05, 4.69) is 5.32 Å². The van der Waals surface area contributed by atoms with E-state index in [9.17, 15) is 9.18 Å². The quantitative estimate of drug-likeness (QED) is 0.865. The highest BCUT2D eigenvalue weighted by Gasteiger charge is 2.36. The first kappa shape index (κ1) is 14.3. The van der Waals surface area contributed by atoms with Crippen LogP contribution in [-0.2, 0) is 16.2 Å². The topological polar surface area (TPSA) is 38.3 Å². The molecule has 0 unspecified atom stereocenters. The van der Waals surface area contributed by atoms with Crippen LogP contribution >= 0.6 is 11.6 Å². The lowest BCUT2D eigenvalue weighted by molar-refractivity contribution is -0.147. The molecule has 0 aromatic heterocycles. The number of rotatable bonds is 4. The van der Waals surface area contributed by atoms with E-state index in [-0.39, 0.29) is 17.8 Å². The van der Waals surface area contributed by atoms with Crippen molar-refractivity contribution < 1.29 is 13.9 Å². The highest BCUT2D eigenvalue weighted by Crippen LogP contribution is 2.34. The summed E-state index contributed by atoms with van der Waals surface area (Å²) in [5.41, 5.74) is 1.40. The molecule has 1 saturated heterocycles. The predicted molar refractivity (Wildman–Crippen MR) is 72.0 cm³/mol. The van der Waals surface area contributed by atoms with E-state index in [4.69, 9.17) is 16.3 Å². The lowest BCUT2D eigenvalue weighted by Gasteiger charge is -2.19. The Morgan fingerprint density at radius 1 is 1.53 bits per heavy atom. The van der Waals surface area contributed by atoms with Gasteiger partial charge in [0.15, 0.2) is 0 Å². The highest BCUT2D eigenvalue weighted by atomic mass is 35.5. The van der Waals surface area contributed by atoms with Gasteiger partial charge in [-0.2, -0.15) is 0 Å².